The van der Waals surface area contributed by atoms with Crippen molar-refractivity contribution in [3.8, 4) is 5.75 Å². The fraction of sp³-hybridized carbons (Fsp3) is 0.0500. The van der Waals surface area contributed by atoms with E-state index in [9.17, 15) is 4.79 Å². The summed E-state index contributed by atoms with van der Waals surface area (Å²) in [6.45, 7) is 0.405. The lowest BCUT2D eigenvalue weighted by Gasteiger charge is -2.09. The number of benzene rings is 2. The van der Waals surface area contributed by atoms with Gasteiger partial charge in [-0.1, -0.05) is 41.9 Å². The minimum atomic E-state index is -0.374. The standard InChI is InChI=1S/C20H16ClN3O2/c21-17-10-8-15(9-11-17)14-26-19-7-2-1-5-16(19)13-23-24-20(25)18-6-3-4-12-22-18/h1-13H,14H2,(H,24,25)/b23-13+. The Morgan fingerprint density at radius 2 is 1.85 bits per heavy atom. The van der Waals surface area contributed by atoms with Gasteiger partial charge in [-0.05, 0) is 42.0 Å². The highest BCUT2D eigenvalue weighted by Gasteiger charge is 2.05. The maximum Gasteiger partial charge on any atom is 0.289 e. The average molecular weight is 366 g/mol. The number of para-hydroxylation sites is 1. The summed E-state index contributed by atoms with van der Waals surface area (Å²) in [6, 6.07) is 20.0. The smallest absolute Gasteiger partial charge is 0.289 e. The largest absolute Gasteiger partial charge is 0.488 e. The number of aromatic nitrogens is 1. The van der Waals surface area contributed by atoms with Crippen LogP contribution in [0.3, 0.4) is 0 Å². The predicted octanol–water partition coefficient (Wildman–Crippen LogP) is 4.08. The van der Waals surface area contributed by atoms with Crippen LogP contribution in [0.25, 0.3) is 0 Å². The lowest BCUT2D eigenvalue weighted by molar-refractivity contribution is 0.0950. The van der Waals surface area contributed by atoms with Crippen LogP contribution in [0.15, 0.2) is 78.0 Å². The molecule has 0 radical (unpaired) electrons. The zero-order valence-electron chi connectivity index (χ0n) is 13.8. The van der Waals surface area contributed by atoms with E-state index in [0.717, 1.165) is 11.1 Å². The third kappa shape index (κ3) is 4.91. The van der Waals surface area contributed by atoms with Crippen molar-refractivity contribution in [1.29, 1.82) is 0 Å². The first-order valence-electron chi connectivity index (χ1n) is 7.93. The Morgan fingerprint density at radius 1 is 1.08 bits per heavy atom. The van der Waals surface area contributed by atoms with Crippen molar-refractivity contribution >= 4 is 23.7 Å². The highest BCUT2D eigenvalue weighted by atomic mass is 35.5. The number of nitrogens with one attached hydrogen (secondary N) is 1. The summed E-state index contributed by atoms with van der Waals surface area (Å²) in [5.41, 5.74) is 4.51. The first-order valence-corrected chi connectivity index (χ1v) is 8.31. The van der Waals surface area contributed by atoms with Crippen molar-refractivity contribution < 1.29 is 9.53 Å². The maximum atomic E-state index is 11.9. The highest BCUT2D eigenvalue weighted by molar-refractivity contribution is 6.30. The number of amides is 1. The van der Waals surface area contributed by atoms with Crippen LogP contribution in [0.1, 0.15) is 21.6 Å². The Hall–Kier alpha value is -3.18. The summed E-state index contributed by atoms with van der Waals surface area (Å²) in [5, 5.41) is 4.67. The topological polar surface area (TPSA) is 63.6 Å². The van der Waals surface area contributed by atoms with E-state index < -0.39 is 0 Å². The van der Waals surface area contributed by atoms with Crippen molar-refractivity contribution in [3.63, 3.8) is 0 Å². The molecule has 0 atom stereocenters. The van der Waals surface area contributed by atoms with Gasteiger partial charge in [-0.2, -0.15) is 5.10 Å². The maximum absolute atomic E-state index is 11.9. The fourth-order valence-corrected chi connectivity index (χ4v) is 2.30. The second-order valence-electron chi connectivity index (χ2n) is 5.37. The number of hydrogen-bond acceptors (Lipinski definition) is 4. The molecule has 3 rings (SSSR count). The van der Waals surface area contributed by atoms with Gasteiger partial charge in [-0.15, -0.1) is 0 Å². The molecule has 2 aromatic carbocycles. The first-order chi connectivity index (χ1) is 12.7. The summed E-state index contributed by atoms with van der Waals surface area (Å²) in [7, 11) is 0. The molecule has 0 aliphatic rings. The van der Waals surface area contributed by atoms with E-state index in [1.165, 1.54) is 6.21 Å². The van der Waals surface area contributed by atoms with E-state index in [1.54, 1.807) is 24.4 Å². The summed E-state index contributed by atoms with van der Waals surface area (Å²) in [4.78, 5) is 15.9. The van der Waals surface area contributed by atoms with Gasteiger partial charge >= 0.3 is 0 Å². The summed E-state index contributed by atoms with van der Waals surface area (Å²) < 4.78 is 5.85. The molecule has 0 unspecified atom stereocenters. The first kappa shape index (κ1) is 17.6. The molecule has 0 saturated heterocycles. The number of hydrogen-bond donors (Lipinski definition) is 1. The Balaban J connectivity index is 1.63. The minimum absolute atomic E-state index is 0.303. The molecule has 1 N–H and O–H groups in total. The van der Waals surface area contributed by atoms with Crippen LogP contribution < -0.4 is 10.2 Å². The van der Waals surface area contributed by atoms with Crippen LogP contribution >= 0.6 is 11.6 Å². The summed E-state index contributed by atoms with van der Waals surface area (Å²) in [5.74, 6) is 0.291. The van der Waals surface area contributed by atoms with E-state index in [4.69, 9.17) is 16.3 Å². The molecule has 5 nitrogen and oxygen atoms in total. The van der Waals surface area contributed by atoms with Crippen molar-refractivity contribution in [2.75, 3.05) is 0 Å². The van der Waals surface area contributed by atoms with Gasteiger partial charge in [0.05, 0.1) is 6.21 Å². The molecular formula is C20H16ClN3O2. The lowest BCUT2D eigenvalue weighted by Crippen LogP contribution is -2.18. The Bertz CT molecular complexity index is 896. The molecule has 1 aromatic heterocycles. The number of ether oxygens (including phenoxy) is 1. The van der Waals surface area contributed by atoms with Crippen molar-refractivity contribution in [3.05, 3.63) is 94.8 Å². The monoisotopic (exact) mass is 365 g/mol. The van der Waals surface area contributed by atoms with Gasteiger partial charge < -0.3 is 4.74 Å². The number of pyridine rings is 1. The molecule has 130 valence electrons. The molecule has 0 fully saturated rings. The van der Waals surface area contributed by atoms with Crippen LogP contribution in [-0.2, 0) is 6.61 Å². The molecular weight excluding hydrogens is 350 g/mol. The second kappa shape index (κ2) is 8.78. The second-order valence-corrected chi connectivity index (χ2v) is 5.80. The fourth-order valence-electron chi connectivity index (χ4n) is 2.18. The quantitative estimate of drug-likeness (QED) is 0.529. The Morgan fingerprint density at radius 3 is 2.62 bits per heavy atom. The molecule has 26 heavy (non-hydrogen) atoms. The highest BCUT2D eigenvalue weighted by Crippen LogP contribution is 2.18. The lowest BCUT2D eigenvalue weighted by atomic mass is 10.2. The zero-order valence-corrected chi connectivity index (χ0v) is 14.6. The third-order valence-electron chi connectivity index (χ3n) is 3.49. The van der Waals surface area contributed by atoms with Crippen LogP contribution in [0.5, 0.6) is 5.75 Å². The normalized spacial score (nSPS) is 10.7. The van der Waals surface area contributed by atoms with Crippen molar-refractivity contribution in [2.45, 2.75) is 6.61 Å². The number of rotatable bonds is 6. The molecule has 0 saturated carbocycles. The predicted molar refractivity (Wildman–Crippen MR) is 102 cm³/mol. The minimum Gasteiger partial charge on any atom is -0.488 e. The van der Waals surface area contributed by atoms with Crippen LogP contribution in [0, 0.1) is 0 Å². The van der Waals surface area contributed by atoms with Crippen molar-refractivity contribution in [2.24, 2.45) is 5.10 Å². The van der Waals surface area contributed by atoms with E-state index in [0.29, 0.717) is 23.1 Å². The van der Waals surface area contributed by atoms with E-state index >= 15 is 0 Å². The van der Waals surface area contributed by atoms with E-state index in [-0.39, 0.29) is 5.91 Å². The van der Waals surface area contributed by atoms with Crippen LogP contribution in [-0.4, -0.2) is 17.1 Å². The summed E-state index contributed by atoms with van der Waals surface area (Å²) >= 11 is 5.88. The molecule has 0 aliphatic heterocycles. The van der Waals surface area contributed by atoms with Crippen LogP contribution in [0.2, 0.25) is 5.02 Å². The molecule has 1 heterocycles. The Kier molecular flexibility index (Phi) is 5.96. The molecule has 6 heteroatoms. The van der Waals surface area contributed by atoms with Gasteiger partial charge in [-0.25, -0.2) is 5.43 Å². The SMILES string of the molecule is O=C(N/N=C/c1ccccc1OCc1ccc(Cl)cc1)c1ccccn1. The van der Waals surface area contributed by atoms with E-state index in [1.807, 2.05) is 48.5 Å². The van der Waals surface area contributed by atoms with Gasteiger partial charge in [-0.3, -0.25) is 9.78 Å². The third-order valence-corrected chi connectivity index (χ3v) is 3.75. The molecule has 0 aliphatic carbocycles. The van der Waals surface area contributed by atoms with Crippen molar-refractivity contribution in [1.82, 2.24) is 10.4 Å². The number of nitrogens with zero attached hydrogens (tertiary/aromatic N) is 2. The molecule has 0 spiro atoms. The van der Waals surface area contributed by atoms with Gasteiger partial charge in [0.15, 0.2) is 0 Å². The number of hydrazone groups is 1. The summed E-state index contributed by atoms with van der Waals surface area (Å²) in [6.07, 6.45) is 3.09. The molecule has 3 aromatic rings. The van der Waals surface area contributed by atoms with E-state index in [2.05, 4.69) is 15.5 Å². The number of halogens is 1. The zero-order chi connectivity index (χ0) is 18.2. The number of carbonyl (C=O) groups is 1. The molecule has 1 amide bonds. The average Bonchev–Trinajstić information content (AvgIpc) is 2.69. The number of carbonyl (C=O) groups excluding carboxylic acids is 1. The Labute approximate surface area is 156 Å². The van der Waals surface area contributed by atoms with Gasteiger partial charge in [0, 0.05) is 16.8 Å². The van der Waals surface area contributed by atoms with Gasteiger partial charge in [0.1, 0.15) is 18.1 Å². The van der Waals surface area contributed by atoms with Crippen LogP contribution in [0.4, 0.5) is 0 Å². The van der Waals surface area contributed by atoms with Gasteiger partial charge in [0.2, 0.25) is 0 Å². The molecule has 0 bridgehead atoms. The van der Waals surface area contributed by atoms with Gasteiger partial charge in [0.25, 0.3) is 5.91 Å².